The Kier molecular flexibility index (Phi) is 10.8. The van der Waals surface area contributed by atoms with Crippen molar-refractivity contribution in [3.8, 4) is 0 Å². The highest BCUT2D eigenvalue weighted by Gasteiger charge is 2.77. The number of carbonyl (C=O) groups excluding carboxylic acids is 3. The number of carbonyl (C=O) groups is 3. The van der Waals surface area contributed by atoms with Crippen LogP contribution in [0, 0.1) is 17.8 Å². The van der Waals surface area contributed by atoms with E-state index in [1.165, 1.54) is 0 Å². The first kappa shape index (κ1) is 31.4. The highest BCUT2D eigenvalue weighted by Crippen LogP contribution is 2.69. The molecule has 3 unspecified atom stereocenters. The number of hydrogen-bond donors (Lipinski definition) is 1. The molecule has 8 heteroatoms. The molecule has 3 aliphatic heterocycles. The SMILES string of the molecule is C=CCCCCOC(=O)[C@@H]1[C@H]2C(=O)N([C@H](CO)c3ccccc3)C(C(=O)N(CC=C)CCCCC)C23S[C@@H]1CC3C. The van der Waals surface area contributed by atoms with E-state index in [0.717, 1.165) is 50.5 Å². The van der Waals surface area contributed by atoms with E-state index >= 15 is 0 Å². The van der Waals surface area contributed by atoms with E-state index in [1.54, 1.807) is 22.7 Å². The molecule has 0 saturated carbocycles. The Labute approximate surface area is 249 Å². The highest BCUT2D eigenvalue weighted by molar-refractivity contribution is 8.02. The Bertz CT molecular complexity index is 1100. The Morgan fingerprint density at radius 3 is 2.61 bits per heavy atom. The van der Waals surface area contributed by atoms with Crippen LogP contribution in [0.4, 0.5) is 0 Å². The number of benzene rings is 1. The third-order valence-electron chi connectivity index (χ3n) is 9.12. The van der Waals surface area contributed by atoms with Gasteiger partial charge in [-0.2, -0.15) is 0 Å². The zero-order valence-corrected chi connectivity index (χ0v) is 25.4. The normalized spacial score (nSPS) is 28.8. The number of fused-ring (bicyclic) bond motifs is 1. The van der Waals surface area contributed by atoms with E-state index in [4.69, 9.17) is 4.74 Å². The van der Waals surface area contributed by atoms with Crippen molar-refractivity contribution in [2.75, 3.05) is 26.3 Å². The Hall–Kier alpha value is -2.58. The zero-order valence-electron chi connectivity index (χ0n) is 24.6. The molecule has 2 amide bonds. The second kappa shape index (κ2) is 14.1. The second-order valence-electron chi connectivity index (χ2n) is 11.6. The molecule has 3 fully saturated rings. The van der Waals surface area contributed by atoms with Crippen LogP contribution in [0.15, 0.2) is 55.6 Å². The molecular formula is C33H46N2O5S. The number of aliphatic hydroxyl groups is 1. The number of allylic oxidation sites excluding steroid dienone is 1. The van der Waals surface area contributed by atoms with Crippen molar-refractivity contribution in [3.05, 3.63) is 61.2 Å². The molecule has 0 aromatic heterocycles. The predicted molar refractivity (Wildman–Crippen MR) is 163 cm³/mol. The van der Waals surface area contributed by atoms with Gasteiger partial charge in [0.05, 0.1) is 35.8 Å². The quantitative estimate of drug-likeness (QED) is 0.165. The fourth-order valence-corrected chi connectivity index (χ4v) is 9.60. The lowest BCUT2D eigenvalue weighted by atomic mass is 9.66. The number of thioether (sulfide) groups is 1. The molecule has 1 aromatic carbocycles. The molecule has 1 N–H and O–H groups in total. The number of ether oxygens (including phenoxy) is 1. The van der Waals surface area contributed by atoms with Gasteiger partial charge >= 0.3 is 5.97 Å². The summed E-state index contributed by atoms with van der Waals surface area (Å²) in [5, 5.41) is 10.6. The van der Waals surface area contributed by atoms with Gasteiger partial charge in [0.1, 0.15) is 6.04 Å². The molecular weight excluding hydrogens is 536 g/mol. The van der Waals surface area contributed by atoms with Crippen LogP contribution in [-0.4, -0.2) is 75.0 Å². The molecule has 4 rings (SSSR count). The van der Waals surface area contributed by atoms with Gasteiger partial charge < -0.3 is 19.6 Å². The number of aliphatic hydroxyl groups excluding tert-OH is 1. The minimum atomic E-state index is -0.797. The van der Waals surface area contributed by atoms with Crippen molar-refractivity contribution in [1.29, 1.82) is 0 Å². The average molecular weight is 583 g/mol. The van der Waals surface area contributed by atoms with Gasteiger partial charge in [0.15, 0.2) is 0 Å². The standard InChI is InChI=1S/C33H46N2O5S/c1-5-8-10-15-20-40-32(39)27-26-21-23(4)33(41-26)28(27)30(37)35(25(22-36)24-16-12-11-13-17-24)29(33)31(38)34(18-7-3)19-14-9-6-2/h5,7,11-13,16-17,23,25-29,36H,1,3,6,8-10,14-15,18-22H2,2,4H3/t23?,25-,26-,27+,28+,29?,33?/m1/s1. The first-order chi connectivity index (χ1) is 19.9. The van der Waals surface area contributed by atoms with Gasteiger partial charge in [0, 0.05) is 18.3 Å². The maximum Gasteiger partial charge on any atom is 0.310 e. The Balaban J connectivity index is 1.74. The Morgan fingerprint density at radius 2 is 1.95 bits per heavy atom. The van der Waals surface area contributed by atoms with Crippen LogP contribution in [0.2, 0.25) is 0 Å². The lowest BCUT2D eigenvalue weighted by Gasteiger charge is -2.42. The molecule has 7 nitrogen and oxygen atoms in total. The molecule has 3 saturated heterocycles. The minimum absolute atomic E-state index is 0.0402. The molecule has 0 radical (unpaired) electrons. The van der Waals surface area contributed by atoms with Gasteiger partial charge in [-0.1, -0.05) is 69.2 Å². The van der Waals surface area contributed by atoms with Crippen molar-refractivity contribution in [2.45, 2.75) is 80.9 Å². The van der Waals surface area contributed by atoms with Crippen molar-refractivity contribution in [2.24, 2.45) is 17.8 Å². The van der Waals surface area contributed by atoms with E-state index < -0.39 is 28.7 Å². The van der Waals surface area contributed by atoms with Gasteiger partial charge in [-0.25, -0.2) is 0 Å². The van der Waals surface area contributed by atoms with E-state index in [1.807, 2.05) is 41.3 Å². The maximum absolute atomic E-state index is 14.6. The molecule has 1 spiro atoms. The summed E-state index contributed by atoms with van der Waals surface area (Å²) in [5.74, 6) is -1.93. The third-order valence-corrected chi connectivity index (χ3v) is 11.2. The van der Waals surface area contributed by atoms with Gasteiger partial charge in [0.2, 0.25) is 11.8 Å². The van der Waals surface area contributed by atoms with Gasteiger partial charge in [0.25, 0.3) is 0 Å². The predicted octanol–water partition coefficient (Wildman–Crippen LogP) is 5.16. The number of esters is 1. The largest absolute Gasteiger partial charge is 0.465 e. The van der Waals surface area contributed by atoms with Crippen molar-refractivity contribution in [3.63, 3.8) is 0 Å². The summed E-state index contributed by atoms with van der Waals surface area (Å²) < 4.78 is 4.99. The average Bonchev–Trinajstić information content (AvgIpc) is 3.57. The molecule has 2 bridgehead atoms. The molecule has 224 valence electrons. The fourth-order valence-electron chi connectivity index (χ4n) is 7.21. The number of amides is 2. The van der Waals surface area contributed by atoms with Crippen LogP contribution in [0.25, 0.3) is 0 Å². The van der Waals surface area contributed by atoms with Crippen molar-refractivity contribution < 1.29 is 24.2 Å². The Morgan fingerprint density at radius 1 is 1.20 bits per heavy atom. The number of nitrogens with zero attached hydrogens (tertiary/aromatic N) is 2. The van der Waals surface area contributed by atoms with Crippen molar-refractivity contribution >= 4 is 29.5 Å². The van der Waals surface area contributed by atoms with E-state index in [0.29, 0.717) is 19.7 Å². The topological polar surface area (TPSA) is 87.1 Å². The first-order valence-electron chi connectivity index (χ1n) is 15.2. The summed E-state index contributed by atoms with van der Waals surface area (Å²) in [6.07, 6.45) is 9.71. The van der Waals surface area contributed by atoms with Gasteiger partial charge in [-0.3, -0.25) is 14.4 Å². The summed E-state index contributed by atoms with van der Waals surface area (Å²) in [7, 11) is 0. The summed E-state index contributed by atoms with van der Waals surface area (Å²) in [6.45, 7) is 12.8. The van der Waals surface area contributed by atoms with Crippen LogP contribution in [0.3, 0.4) is 0 Å². The second-order valence-corrected chi connectivity index (χ2v) is 13.2. The van der Waals surface area contributed by atoms with Crippen LogP contribution in [0.5, 0.6) is 0 Å². The molecule has 41 heavy (non-hydrogen) atoms. The molecule has 0 aliphatic carbocycles. The summed E-state index contributed by atoms with van der Waals surface area (Å²) in [6, 6.07) is 7.91. The lowest BCUT2D eigenvalue weighted by molar-refractivity contribution is -0.155. The number of unbranched alkanes of at least 4 members (excludes halogenated alkanes) is 4. The smallest absolute Gasteiger partial charge is 0.310 e. The molecule has 7 atom stereocenters. The van der Waals surface area contributed by atoms with Gasteiger partial charge in [-0.05, 0) is 43.6 Å². The summed E-state index contributed by atoms with van der Waals surface area (Å²) >= 11 is 1.64. The highest BCUT2D eigenvalue weighted by atomic mass is 32.2. The zero-order chi connectivity index (χ0) is 29.6. The minimum Gasteiger partial charge on any atom is -0.465 e. The first-order valence-corrected chi connectivity index (χ1v) is 16.1. The number of likely N-dealkylation sites (tertiary alicyclic amines) is 1. The fraction of sp³-hybridized carbons (Fsp3) is 0.606. The molecule has 3 heterocycles. The monoisotopic (exact) mass is 582 g/mol. The summed E-state index contributed by atoms with van der Waals surface area (Å²) in [5.41, 5.74) is 0.771. The van der Waals surface area contributed by atoms with E-state index in [2.05, 4.69) is 27.0 Å². The third kappa shape index (κ3) is 5.87. The van der Waals surface area contributed by atoms with Crippen LogP contribution < -0.4 is 0 Å². The van der Waals surface area contributed by atoms with Gasteiger partial charge in [-0.15, -0.1) is 24.9 Å². The van der Waals surface area contributed by atoms with Crippen molar-refractivity contribution in [1.82, 2.24) is 9.80 Å². The number of hydrogen-bond acceptors (Lipinski definition) is 6. The maximum atomic E-state index is 14.6. The van der Waals surface area contributed by atoms with Crippen LogP contribution in [0.1, 0.15) is 70.4 Å². The number of rotatable bonds is 16. The molecule has 1 aromatic rings. The van der Waals surface area contributed by atoms with Crippen LogP contribution >= 0.6 is 11.8 Å². The lowest BCUT2D eigenvalue weighted by Crippen LogP contribution is -2.58. The van der Waals surface area contributed by atoms with E-state index in [9.17, 15) is 19.5 Å². The van der Waals surface area contributed by atoms with Crippen LogP contribution in [-0.2, 0) is 19.1 Å². The van der Waals surface area contributed by atoms with E-state index in [-0.39, 0.29) is 35.6 Å². The molecule has 3 aliphatic rings. The summed E-state index contributed by atoms with van der Waals surface area (Å²) in [4.78, 5) is 46.2.